The highest BCUT2D eigenvalue weighted by molar-refractivity contribution is 5.86. The maximum atomic E-state index is 13.0. The summed E-state index contributed by atoms with van der Waals surface area (Å²) in [5.41, 5.74) is -0.695. The Hall–Kier alpha value is -1.78. The fourth-order valence-corrected chi connectivity index (χ4v) is 1.31. The molecule has 1 rings (SSSR count). The predicted molar refractivity (Wildman–Crippen MR) is 61.2 cm³/mol. The van der Waals surface area contributed by atoms with Crippen LogP contribution in [0.4, 0.5) is 10.1 Å². The number of carbonyl (C=O) groups is 1. The van der Waals surface area contributed by atoms with Gasteiger partial charge in [-0.1, -0.05) is 20.8 Å². The lowest BCUT2D eigenvalue weighted by molar-refractivity contribution is -0.385. The summed E-state index contributed by atoms with van der Waals surface area (Å²) in [4.78, 5) is 21.9. The molecule has 0 unspecified atom stereocenters. The number of nitro groups is 1. The monoisotopic (exact) mass is 239 g/mol. The molecule has 0 radical (unpaired) electrons. The van der Waals surface area contributed by atoms with E-state index in [0.717, 1.165) is 18.2 Å². The topological polar surface area (TPSA) is 60.2 Å². The van der Waals surface area contributed by atoms with E-state index in [1.807, 2.05) is 0 Å². The Labute approximate surface area is 98.6 Å². The molecule has 0 aromatic heterocycles. The Kier molecular flexibility index (Phi) is 3.60. The van der Waals surface area contributed by atoms with E-state index >= 15 is 0 Å². The SMILES string of the molecule is CC(C)(C)C(=O)Cc1cc(F)ccc1[N+](=O)[O-]. The van der Waals surface area contributed by atoms with Crippen molar-refractivity contribution >= 4 is 11.5 Å². The molecule has 0 N–H and O–H groups in total. The molecule has 4 nitrogen and oxygen atoms in total. The number of carbonyl (C=O) groups excluding carboxylic acids is 1. The average molecular weight is 239 g/mol. The lowest BCUT2D eigenvalue weighted by Crippen LogP contribution is -2.22. The van der Waals surface area contributed by atoms with Crippen LogP contribution >= 0.6 is 0 Å². The van der Waals surface area contributed by atoms with Crippen molar-refractivity contribution in [2.45, 2.75) is 27.2 Å². The highest BCUT2D eigenvalue weighted by Crippen LogP contribution is 2.24. The van der Waals surface area contributed by atoms with Gasteiger partial charge in [0.2, 0.25) is 0 Å². The molecule has 0 heterocycles. The van der Waals surface area contributed by atoms with Crippen LogP contribution in [0.15, 0.2) is 18.2 Å². The maximum Gasteiger partial charge on any atom is 0.273 e. The third-order valence-corrected chi connectivity index (χ3v) is 2.43. The largest absolute Gasteiger partial charge is 0.299 e. The lowest BCUT2D eigenvalue weighted by atomic mass is 9.87. The maximum absolute atomic E-state index is 13.0. The minimum atomic E-state index is -0.606. The number of halogens is 1. The fraction of sp³-hybridized carbons (Fsp3) is 0.417. The van der Waals surface area contributed by atoms with E-state index in [4.69, 9.17) is 0 Å². The minimum Gasteiger partial charge on any atom is -0.299 e. The molecule has 0 aliphatic carbocycles. The van der Waals surface area contributed by atoms with Crippen molar-refractivity contribution in [1.29, 1.82) is 0 Å². The summed E-state index contributed by atoms with van der Waals surface area (Å²) < 4.78 is 13.0. The van der Waals surface area contributed by atoms with Crippen molar-refractivity contribution in [3.05, 3.63) is 39.7 Å². The second-order valence-corrected chi connectivity index (χ2v) is 4.88. The van der Waals surface area contributed by atoms with Gasteiger partial charge in [0.1, 0.15) is 11.6 Å². The van der Waals surface area contributed by atoms with Gasteiger partial charge in [0.05, 0.1) is 4.92 Å². The second-order valence-electron chi connectivity index (χ2n) is 4.88. The molecule has 5 heteroatoms. The molecule has 0 amide bonds. The van der Waals surface area contributed by atoms with E-state index in [0.29, 0.717) is 0 Å². The van der Waals surface area contributed by atoms with E-state index < -0.39 is 16.2 Å². The summed E-state index contributed by atoms with van der Waals surface area (Å²) in [7, 11) is 0. The first-order chi connectivity index (χ1) is 7.71. The van der Waals surface area contributed by atoms with Gasteiger partial charge in [-0.25, -0.2) is 4.39 Å². The summed E-state index contributed by atoms with van der Waals surface area (Å²) in [6.07, 6.45) is -0.127. The zero-order chi connectivity index (χ0) is 13.2. The highest BCUT2D eigenvalue weighted by atomic mass is 19.1. The molecule has 0 spiro atoms. The first kappa shape index (κ1) is 13.3. The molecular weight excluding hydrogens is 225 g/mol. The van der Waals surface area contributed by atoms with Crippen molar-refractivity contribution in [2.75, 3.05) is 0 Å². The molecule has 0 atom stereocenters. The summed E-state index contributed by atoms with van der Waals surface area (Å²) in [5, 5.41) is 10.7. The van der Waals surface area contributed by atoms with Crippen LogP contribution in [0.1, 0.15) is 26.3 Å². The summed E-state index contributed by atoms with van der Waals surface area (Å²) in [6.45, 7) is 5.17. The van der Waals surface area contributed by atoms with Crippen LogP contribution in [-0.4, -0.2) is 10.7 Å². The number of nitrogens with zero attached hydrogens (tertiary/aromatic N) is 1. The van der Waals surface area contributed by atoms with E-state index in [9.17, 15) is 19.3 Å². The third-order valence-electron chi connectivity index (χ3n) is 2.43. The molecular formula is C12H14FNO3. The van der Waals surface area contributed by atoms with Crippen LogP contribution in [0.5, 0.6) is 0 Å². The molecule has 1 aromatic rings. The molecule has 0 aliphatic rings. The van der Waals surface area contributed by atoms with Crippen LogP contribution < -0.4 is 0 Å². The molecule has 0 saturated carbocycles. The number of ketones is 1. The van der Waals surface area contributed by atoms with Gasteiger partial charge in [-0.2, -0.15) is 0 Å². The van der Waals surface area contributed by atoms with E-state index in [2.05, 4.69) is 0 Å². The van der Waals surface area contributed by atoms with Crippen LogP contribution in [0.25, 0.3) is 0 Å². The first-order valence-electron chi connectivity index (χ1n) is 5.18. The van der Waals surface area contributed by atoms with Gasteiger partial charge in [0.25, 0.3) is 5.69 Å². The van der Waals surface area contributed by atoms with E-state index in [1.54, 1.807) is 20.8 Å². The van der Waals surface area contributed by atoms with Crippen LogP contribution in [-0.2, 0) is 11.2 Å². The van der Waals surface area contributed by atoms with Gasteiger partial charge in [-0.15, -0.1) is 0 Å². The molecule has 0 bridgehead atoms. The zero-order valence-corrected chi connectivity index (χ0v) is 9.99. The van der Waals surface area contributed by atoms with Crippen molar-refractivity contribution in [3.8, 4) is 0 Å². The number of nitro benzene ring substituents is 1. The summed E-state index contributed by atoms with van der Waals surface area (Å²) in [6, 6.07) is 3.14. The van der Waals surface area contributed by atoms with Crippen molar-refractivity contribution < 1.29 is 14.1 Å². The van der Waals surface area contributed by atoms with Gasteiger partial charge < -0.3 is 0 Å². The molecule has 0 aliphatic heterocycles. The van der Waals surface area contributed by atoms with E-state index in [1.165, 1.54) is 0 Å². The molecule has 17 heavy (non-hydrogen) atoms. The highest BCUT2D eigenvalue weighted by Gasteiger charge is 2.25. The Morgan fingerprint density at radius 2 is 2.00 bits per heavy atom. The Morgan fingerprint density at radius 1 is 1.41 bits per heavy atom. The third kappa shape index (κ3) is 3.34. The standard InChI is InChI=1S/C12H14FNO3/c1-12(2,3)11(15)7-8-6-9(13)4-5-10(8)14(16)17/h4-6H,7H2,1-3H3. The molecule has 0 saturated heterocycles. The smallest absolute Gasteiger partial charge is 0.273 e. The van der Waals surface area contributed by atoms with Crippen LogP contribution in [0.2, 0.25) is 0 Å². The van der Waals surface area contributed by atoms with E-state index in [-0.39, 0.29) is 23.5 Å². The fourth-order valence-electron chi connectivity index (χ4n) is 1.31. The Bertz CT molecular complexity index is 463. The average Bonchev–Trinajstić information content (AvgIpc) is 2.15. The van der Waals surface area contributed by atoms with Gasteiger partial charge in [-0.05, 0) is 12.1 Å². The minimum absolute atomic E-state index is 0.120. The Balaban J connectivity index is 3.09. The van der Waals surface area contributed by atoms with Gasteiger partial charge in [0.15, 0.2) is 0 Å². The number of Topliss-reactive ketones (excluding diaryl/α,β-unsaturated/α-hetero) is 1. The van der Waals surface area contributed by atoms with Crippen molar-refractivity contribution in [1.82, 2.24) is 0 Å². The second kappa shape index (κ2) is 4.61. The lowest BCUT2D eigenvalue weighted by Gasteiger charge is -2.16. The normalized spacial score (nSPS) is 11.3. The molecule has 92 valence electrons. The number of hydrogen-bond donors (Lipinski definition) is 0. The van der Waals surface area contributed by atoms with Crippen LogP contribution in [0.3, 0.4) is 0 Å². The van der Waals surface area contributed by atoms with Gasteiger partial charge in [-0.3, -0.25) is 14.9 Å². The summed E-state index contributed by atoms with van der Waals surface area (Å²) in [5.74, 6) is -0.737. The quantitative estimate of drug-likeness (QED) is 0.601. The zero-order valence-electron chi connectivity index (χ0n) is 9.99. The van der Waals surface area contributed by atoms with Crippen molar-refractivity contribution in [2.24, 2.45) is 5.41 Å². The number of benzene rings is 1. The number of rotatable bonds is 3. The van der Waals surface area contributed by atoms with Gasteiger partial charge >= 0.3 is 0 Å². The summed E-state index contributed by atoms with van der Waals surface area (Å²) >= 11 is 0. The number of hydrogen-bond acceptors (Lipinski definition) is 3. The predicted octanol–water partition coefficient (Wildman–Crippen LogP) is 2.89. The molecule has 1 aromatic carbocycles. The van der Waals surface area contributed by atoms with Gasteiger partial charge in [0, 0.05) is 23.5 Å². The Morgan fingerprint density at radius 3 is 2.47 bits per heavy atom. The van der Waals surface area contributed by atoms with Crippen molar-refractivity contribution in [3.63, 3.8) is 0 Å². The van der Waals surface area contributed by atoms with Crippen LogP contribution in [0, 0.1) is 21.3 Å². The first-order valence-corrected chi connectivity index (χ1v) is 5.18. The molecule has 0 fully saturated rings.